The van der Waals surface area contributed by atoms with Gasteiger partial charge in [-0.2, -0.15) is 9.97 Å². The highest BCUT2D eigenvalue weighted by atomic mass is 16.6. The van der Waals surface area contributed by atoms with Gasteiger partial charge in [0, 0.05) is 49.4 Å². The summed E-state index contributed by atoms with van der Waals surface area (Å²) in [6.45, 7) is 2.72. The number of aliphatic hydroxyl groups excluding tert-OH is 3. The number of imidazole rings is 1. The van der Waals surface area contributed by atoms with Crippen molar-refractivity contribution in [1.82, 2.24) is 19.5 Å². The molecule has 0 saturated carbocycles. The monoisotopic (exact) mass is 572 g/mol. The Morgan fingerprint density at radius 3 is 2.14 bits per heavy atom. The molecule has 0 aliphatic carbocycles. The molecule has 12 heteroatoms. The van der Waals surface area contributed by atoms with Crippen molar-refractivity contribution in [2.24, 2.45) is 0 Å². The smallest absolute Gasteiger partial charge is 0.226 e. The van der Waals surface area contributed by atoms with Crippen LogP contribution in [0.4, 0.5) is 23.1 Å². The van der Waals surface area contributed by atoms with Crippen molar-refractivity contribution in [2.45, 2.75) is 49.2 Å². The van der Waals surface area contributed by atoms with Gasteiger partial charge in [-0.25, -0.2) is 4.98 Å². The quantitative estimate of drug-likeness (QED) is 0.149. The van der Waals surface area contributed by atoms with Gasteiger partial charge in [-0.1, -0.05) is 36.4 Å². The SMILES string of the molecule is OC[C@H]1O[C@@H](n2cnc3c(NCCC4CNc5ccccc54)nc(NCCC4CNc5ccccc54)nc32)[C@H](O)[C@@H]1O. The Morgan fingerprint density at radius 2 is 1.50 bits per heavy atom. The van der Waals surface area contributed by atoms with Crippen LogP contribution in [0.1, 0.15) is 42.0 Å². The molecule has 7 N–H and O–H groups in total. The number of hydrogen-bond acceptors (Lipinski definition) is 11. The minimum atomic E-state index is -1.24. The van der Waals surface area contributed by atoms with Gasteiger partial charge in [-0.3, -0.25) is 4.57 Å². The normalized spacial score (nSPS) is 26.1. The van der Waals surface area contributed by atoms with Crippen molar-refractivity contribution in [2.75, 3.05) is 54.1 Å². The van der Waals surface area contributed by atoms with Crippen molar-refractivity contribution < 1.29 is 20.1 Å². The van der Waals surface area contributed by atoms with Crippen molar-refractivity contribution in [1.29, 1.82) is 0 Å². The lowest BCUT2D eigenvalue weighted by atomic mass is 9.98. The van der Waals surface area contributed by atoms with Gasteiger partial charge in [0.1, 0.15) is 18.3 Å². The maximum Gasteiger partial charge on any atom is 0.226 e. The van der Waals surface area contributed by atoms with Gasteiger partial charge in [0.05, 0.1) is 12.9 Å². The Bertz CT molecular complexity index is 1560. The van der Waals surface area contributed by atoms with Crippen LogP contribution < -0.4 is 21.3 Å². The molecule has 4 aromatic rings. The third-order valence-corrected chi connectivity index (χ3v) is 8.65. The molecule has 0 amide bonds. The van der Waals surface area contributed by atoms with Gasteiger partial charge in [-0.05, 0) is 36.1 Å². The number of aromatic nitrogens is 4. The van der Waals surface area contributed by atoms with E-state index >= 15 is 0 Å². The van der Waals surface area contributed by atoms with Gasteiger partial charge in [-0.15, -0.1) is 0 Å². The Labute approximate surface area is 243 Å². The van der Waals surface area contributed by atoms with Crippen LogP contribution in [0.5, 0.6) is 0 Å². The zero-order chi connectivity index (χ0) is 28.6. The number of para-hydroxylation sites is 2. The van der Waals surface area contributed by atoms with Crippen LogP contribution in [0.25, 0.3) is 11.2 Å². The highest BCUT2D eigenvalue weighted by Gasteiger charge is 2.44. The number of nitrogens with one attached hydrogen (secondary N) is 4. The van der Waals surface area contributed by atoms with Crippen LogP contribution >= 0.6 is 0 Å². The number of benzene rings is 2. The van der Waals surface area contributed by atoms with Gasteiger partial charge in [0.2, 0.25) is 5.95 Å². The Balaban J connectivity index is 1.11. The summed E-state index contributed by atoms with van der Waals surface area (Å²) in [7, 11) is 0. The fourth-order valence-electron chi connectivity index (χ4n) is 6.37. The lowest BCUT2D eigenvalue weighted by Crippen LogP contribution is -2.33. The molecule has 2 aromatic carbocycles. The molecule has 0 spiro atoms. The Kier molecular flexibility index (Phi) is 7.28. The minimum absolute atomic E-state index is 0.391. The molecule has 1 fully saturated rings. The van der Waals surface area contributed by atoms with Crippen molar-refractivity contribution >= 4 is 34.3 Å². The number of fused-ring (bicyclic) bond motifs is 3. The first-order chi connectivity index (χ1) is 20.6. The number of nitrogens with zero attached hydrogens (tertiary/aromatic N) is 4. The number of ether oxygens (including phenoxy) is 1. The summed E-state index contributed by atoms with van der Waals surface area (Å²) >= 11 is 0. The van der Waals surface area contributed by atoms with Crippen molar-refractivity contribution in [3.8, 4) is 0 Å². The molecule has 5 heterocycles. The molecule has 0 bridgehead atoms. The lowest BCUT2D eigenvalue weighted by Gasteiger charge is -2.18. The maximum absolute atomic E-state index is 10.7. The van der Waals surface area contributed by atoms with E-state index in [0.29, 0.717) is 47.9 Å². The van der Waals surface area contributed by atoms with E-state index in [1.807, 2.05) is 12.1 Å². The number of hydrogen-bond donors (Lipinski definition) is 7. The van der Waals surface area contributed by atoms with Crippen LogP contribution in [0, 0.1) is 0 Å². The van der Waals surface area contributed by atoms with E-state index in [-0.39, 0.29) is 0 Å². The maximum atomic E-state index is 10.7. The standard InChI is InChI=1S/C30H36N8O4/c39-15-23-25(40)26(41)29(42-23)38-16-35-24-27(31-11-9-17-13-33-21-7-3-1-5-19(17)21)36-30(37-28(24)38)32-12-10-18-14-34-22-8-4-2-6-20(18)22/h1-8,16-18,23,25-26,29,33-34,39-41H,9-15H2,(H2,31,32,36,37)/t17?,18?,23-,25-,26-,29-/m1/s1. The molecule has 6 atom stereocenters. The third kappa shape index (κ3) is 4.90. The second-order valence-corrected chi connectivity index (χ2v) is 11.2. The van der Waals surface area contributed by atoms with Crippen molar-refractivity contribution in [3.05, 3.63) is 66.0 Å². The largest absolute Gasteiger partial charge is 0.394 e. The van der Waals surface area contributed by atoms with Crippen LogP contribution in [0.3, 0.4) is 0 Å². The number of aliphatic hydroxyl groups is 3. The van der Waals surface area contributed by atoms with E-state index in [4.69, 9.17) is 14.7 Å². The molecule has 3 aliphatic rings. The topological polar surface area (TPSA) is 162 Å². The second kappa shape index (κ2) is 11.4. The number of rotatable bonds is 10. The Hall–Kier alpha value is -3.97. The summed E-state index contributed by atoms with van der Waals surface area (Å²) < 4.78 is 7.39. The van der Waals surface area contributed by atoms with Gasteiger partial charge in [0.15, 0.2) is 23.2 Å². The van der Waals surface area contributed by atoms with Gasteiger partial charge >= 0.3 is 0 Å². The molecule has 1 saturated heterocycles. The first-order valence-corrected chi connectivity index (χ1v) is 14.6. The summed E-state index contributed by atoms with van der Waals surface area (Å²) in [5.74, 6) is 1.80. The number of anilines is 4. The van der Waals surface area contributed by atoms with Crippen LogP contribution in [0.2, 0.25) is 0 Å². The van der Waals surface area contributed by atoms with E-state index in [1.165, 1.54) is 28.8 Å². The Morgan fingerprint density at radius 1 is 0.857 bits per heavy atom. The summed E-state index contributed by atoms with van der Waals surface area (Å²) in [5.41, 5.74) is 6.03. The van der Waals surface area contributed by atoms with Crippen LogP contribution in [-0.2, 0) is 4.74 Å². The van der Waals surface area contributed by atoms with Crippen molar-refractivity contribution in [3.63, 3.8) is 0 Å². The van der Waals surface area contributed by atoms with E-state index in [2.05, 4.69) is 62.6 Å². The molecule has 42 heavy (non-hydrogen) atoms. The molecule has 2 aromatic heterocycles. The molecule has 220 valence electrons. The zero-order valence-electron chi connectivity index (χ0n) is 23.1. The summed E-state index contributed by atoms with van der Waals surface area (Å²) in [6.07, 6.45) is -0.969. The average molecular weight is 573 g/mol. The summed E-state index contributed by atoms with van der Waals surface area (Å²) in [6, 6.07) is 16.8. The summed E-state index contributed by atoms with van der Waals surface area (Å²) in [5, 5.41) is 44.5. The van der Waals surface area contributed by atoms with E-state index in [1.54, 1.807) is 4.57 Å². The molecular weight excluding hydrogens is 536 g/mol. The molecular formula is C30H36N8O4. The van der Waals surface area contributed by atoms with Crippen LogP contribution in [-0.4, -0.2) is 85.9 Å². The third-order valence-electron chi connectivity index (χ3n) is 8.65. The molecule has 7 rings (SSSR count). The summed E-state index contributed by atoms with van der Waals surface area (Å²) in [4.78, 5) is 14.1. The van der Waals surface area contributed by atoms with Crippen LogP contribution in [0.15, 0.2) is 54.9 Å². The minimum Gasteiger partial charge on any atom is -0.394 e. The molecule has 3 aliphatic heterocycles. The van der Waals surface area contributed by atoms with E-state index in [9.17, 15) is 15.3 Å². The first kappa shape index (κ1) is 26.9. The predicted octanol–water partition coefficient (Wildman–Crippen LogP) is 2.46. The van der Waals surface area contributed by atoms with E-state index in [0.717, 1.165) is 25.9 Å². The average Bonchev–Trinajstić information content (AvgIpc) is 3.79. The molecule has 0 radical (unpaired) electrons. The first-order valence-electron chi connectivity index (χ1n) is 14.6. The molecule has 12 nitrogen and oxygen atoms in total. The lowest BCUT2D eigenvalue weighted by molar-refractivity contribution is -0.0511. The highest BCUT2D eigenvalue weighted by molar-refractivity contribution is 5.84. The zero-order valence-corrected chi connectivity index (χ0v) is 23.1. The molecule has 2 unspecified atom stereocenters. The second-order valence-electron chi connectivity index (χ2n) is 11.2. The highest BCUT2D eigenvalue weighted by Crippen LogP contribution is 2.36. The van der Waals surface area contributed by atoms with Gasteiger partial charge < -0.3 is 41.3 Å². The fraction of sp³-hybridized carbons (Fsp3) is 0.433. The van der Waals surface area contributed by atoms with Gasteiger partial charge in [0.25, 0.3) is 0 Å². The fourth-order valence-corrected chi connectivity index (χ4v) is 6.37. The predicted molar refractivity (Wildman–Crippen MR) is 160 cm³/mol. The van der Waals surface area contributed by atoms with E-state index < -0.39 is 31.1 Å².